The van der Waals surface area contributed by atoms with Crippen LogP contribution in [0.4, 0.5) is 19.0 Å². The Bertz CT molecular complexity index is 592. The van der Waals surface area contributed by atoms with Gasteiger partial charge in [-0.15, -0.1) is 0 Å². The zero-order valence-electron chi connectivity index (χ0n) is 10.1. The molecule has 0 bridgehead atoms. The van der Waals surface area contributed by atoms with Crippen LogP contribution < -0.4 is 5.43 Å². The van der Waals surface area contributed by atoms with Crippen molar-refractivity contribution in [3.63, 3.8) is 0 Å². The maximum absolute atomic E-state index is 12.3. The van der Waals surface area contributed by atoms with Gasteiger partial charge in [-0.2, -0.15) is 18.3 Å². The van der Waals surface area contributed by atoms with E-state index in [-0.39, 0.29) is 11.6 Å². The molecule has 0 amide bonds. The van der Waals surface area contributed by atoms with Crippen molar-refractivity contribution in [2.75, 3.05) is 5.43 Å². The number of pyridine rings is 1. The summed E-state index contributed by atoms with van der Waals surface area (Å²) in [5.74, 6) is 0.340. The van der Waals surface area contributed by atoms with Crippen molar-refractivity contribution in [3.05, 3.63) is 53.7 Å². The number of benzene rings is 1. The van der Waals surface area contributed by atoms with Crippen LogP contribution in [0.25, 0.3) is 0 Å². The SMILES string of the molecule is Oc1ccc(C=NNc2ccc(C(F)(F)F)cn2)cc1. The molecule has 104 valence electrons. The third kappa shape index (κ3) is 3.71. The van der Waals surface area contributed by atoms with E-state index >= 15 is 0 Å². The Hall–Kier alpha value is -2.57. The second-order valence-corrected chi connectivity index (χ2v) is 3.89. The second-order valence-electron chi connectivity index (χ2n) is 3.89. The van der Waals surface area contributed by atoms with Crippen molar-refractivity contribution in [1.82, 2.24) is 4.98 Å². The quantitative estimate of drug-likeness (QED) is 0.670. The smallest absolute Gasteiger partial charge is 0.417 e. The molecule has 0 saturated heterocycles. The molecule has 0 saturated carbocycles. The molecule has 1 aromatic carbocycles. The number of anilines is 1. The summed E-state index contributed by atoms with van der Waals surface area (Å²) in [7, 11) is 0. The summed E-state index contributed by atoms with van der Waals surface area (Å²) in [6.07, 6.45) is -2.21. The first-order valence-electron chi connectivity index (χ1n) is 5.56. The normalized spacial score (nSPS) is 11.8. The van der Waals surface area contributed by atoms with Gasteiger partial charge in [0.1, 0.15) is 11.6 Å². The molecule has 0 fully saturated rings. The van der Waals surface area contributed by atoms with Gasteiger partial charge in [-0.3, -0.25) is 5.43 Å². The maximum Gasteiger partial charge on any atom is 0.417 e. The van der Waals surface area contributed by atoms with Crippen molar-refractivity contribution >= 4 is 12.0 Å². The molecule has 0 unspecified atom stereocenters. The predicted molar refractivity (Wildman–Crippen MR) is 68.6 cm³/mol. The van der Waals surface area contributed by atoms with Crippen LogP contribution in [0.1, 0.15) is 11.1 Å². The molecular formula is C13H10F3N3O. The van der Waals surface area contributed by atoms with Crippen LogP contribution in [0.5, 0.6) is 5.75 Å². The Morgan fingerprint density at radius 2 is 1.80 bits per heavy atom. The molecule has 7 heteroatoms. The van der Waals surface area contributed by atoms with Gasteiger partial charge in [-0.25, -0.2) is 4.98 Å². The zero-order valence-corrected chi connectivity index (χ0v) is 10.1. The van der Waals surface area contributed by atoms with Gasteiger partial charge < -0.3 is 5.11 Å². The summed E-state index contributed by atoms with van der Waals surface area (Å²) >= 11 is 0. The largest absolute Gasteiger partial charge is 0.508 e. The van der Waals surface area contributed by atoms with Gasteiger partial charge in [0.05, 0.1) is 11.8 Å². The average molecular weight is 281 g/mol. The molecule has 0 atom stereocenters. The van der Waals surface area contributed by atoms with Crippen molar-refractivity contribution in [2.24, 2.45) is 5.10 Å². The number of phenols is 1. The molecular weight excluding hydrogens is 271 g/mol. The summed E-state index contributed by atoms with van der Waals surface area (Å²) in [6, 6.07) is 8.39. The number of nitrogens with zero attached hydrogens (tertiary/aromatic N) is 2. The van der Waals surface area contributed by atoms with Crippen molar-refractivity contribution in [3.8, 4) is 5.75 Å². The van der Waals surface area contributed by atoms with Crippen LogP contribution in [0.15, 0.2) is 47.7 Å². The molecule has 0 spiro atoms. The minimum atomic E-state index is -4.40. The van der Waals surface area contributed by atoms with Gasteiger partial charge in [0.2, 0.25) is 0 Å². The number of aromatic hydroxyl groups is 1. The number of aromatic nitrogens is 1. The lowest BCUT2D eigenvalue weighted by molar-refractivity contribution is -0.137. The van der Waals surface area contributed by atoms with Crippen LogP contribution in [0, 0.1) is 0 Å². The van der Waals surface area contributed by atoms with Crippen molar-refractivity contribution in [2.45, 2.75) is 6.18 Å². The van der Waals surface area contributed by atoms with E-state index in [9.17, 15) is 13.2 Å². The van der Waals surface area contributed by atoms with Crippen molar-refractivity contribution in [1.29, 1.82) is 0 Å². The first-order valence-corrected chi connectivity index (χ1v) is 5.56. The van der Waals surface area contributed by atoms with Gasteiger partial charge >= 0.3 is 6.18 Å². The van der Waals surface area contributed by atoms with Gasteiger partial charge in [-0.05, 0) is 42.0 Å². The van der Waals surface area contributed by atoms with E-state index in [1.807, 2.05) is 0 Å². The third-order valence-corrected chi connectivity index (χ3v) is 2.38. The Morgan fingerprint density at radius 1 is 1.10 bits per heavy atom. The fourth-order valence-electron chi connectivity index (χ4n) is 1.36. The van der Waals surface area contributed by atoms with Crippen LogP contribution in [-0.4, -0.2) is 16.3 Å². The van der Waals surface area contributed by atoms with E-state index in [0.29, 0.717) is 0 Å². The molecule has 1 heterocycles. The molecule has 0 aliphatic carbocycles. The summed E-state index contributed by atoms with van der Waals surface area (Å²) in [5, 5.41) is 12.9. The highest BCUT2D eigenvalue weighted by Crippen LogP contribution is 2.28. The standard InChI is InChI=1S/C13H10F3N3O/c14-13(15,16)10-3-6-12(17-8-10)19-18-7-9-1-4-11(20)5-2-9/h1-8,20H,(H,17,19). The van der Waals surface area contributed by atoms with E-state index in [1.54, 1.807) is 12.1 Å². The fourth-order valence-corrected chi connectivity index (χ4v) is 1.36. The van der Waals surface area contributed by atoms with Gasteiger partial charge in [0.15, 0.2) is 0 Å². The highest BCUT2D eigenvalue weighted by atomic mass is 19.4. The zero-order chi connectivity index (χ0) is 14.6. The first-order chi connectivity index (χ1) is 9.45. The van der Waals surface area contributed by atoms with Gasteiger partial charge in [-0.1, -0.05) is 0 Å². The third-order valence-electron chi connectivity index (χ3n) is 2.38. The average Bonchev–Trinajstić information content (AvgIpc) is 2.41. The molecule has 2 aromatic rings. The van der Waals surface area contributed by atoms with Crippen LogP contribution >= 0.6 is 0 Å². The van der Waals surface area contributed by atoms with Gasteiger partial charge in [0, 0.05) is 6.20 Å². The van der Waals surface area contributed by atoms with E-state index in [1.165, 1.54) is 24.4 Å². The Labute approximate surface area is 112 Å². The lowest BCUT2D eigenvalue weighted by atomic mass is 10.2. The Balaban J connectivity index is 1.99. The lowest BCUT2D eigenvalue weighted by Gasteiger charge is -2.06. The molecule has 2 rings (SSSR count). The summed E-state index contributed by atoms with van der Waals surface area (Å²) in [4.78, 5) is 3.61. The summed E-state index contributed by atoms with van der Waals surface area (Å²) in [5.41, 5.74) is 2.42. The highest BCUT2D eigenvalue weighted by molar-refractivity contribution is 5.80. The molecule has 0 aliphatic rings. The number of hydrogen-bond acceptors (Lipinski definition) is 4. The number of halogens is 3. The highest BCUT2D eigenvalue weighted by Gasteiger charge is 2.30. The van der Waals surface area contributed by atoms with Gasteiger partial charge in [0.25, 0.3) is 0 Å². The lowest BCUT2D eigenvalue weighted by Crippen LogP contribution is -2.05. The minimum absolute atomic E-state index is 0.138. The predicted octanol–water partition coefficient (Wildman–Crippen LogP) is 3.25. The first kappa shape index (κ1) is 13.9. The number of alkyl halides is 3. The van der Waals surface area contributed by atoms with E-state index in [2.05, 4.69) is 15.5 Å². The van der Waals surface area contributed by atoms with E-state index in [0.717, 1.165) is 17.8 Å². The fraction of sp³-hybridized carbons (Fsp3) is 0.0769. The number of nitrogens with one attached hydrogen (secondary N) is 1. The molecule has 2 N–H and O–H groups in total. The van der Waals surface area contributed by atoms with E-state index in [4.69, 9.17) is 5.11 Å². The topological polar surface area (TPSA) is 57.5 Å². The summed E-state index contributed by atoms with van der Waals surface area (Å²) in [6.45, 7) is 0. The maximum atomic E-state index is 12.3. The van der Waals surface area contributed by atoms with Crippen LogP contribution in [0.2, 0.25) is 0 Å². The second kappa shape index (κ2) is 5.60. The minimum Gasteiger partial charge on any atom is -0.508 e. The molecule has 1 aromatic heterocycles. The molecule has 0 aliphatic heterocycles. The van der Waals surface area contributed by atoms with Crippen molar-refractivity contribution < 1.29 is 18.3 Å². The molecule has 4 nitrogen and oxygen atoms in total. The molecule has 20 heavy (non-hydrogen) atoms. The Morgan fingerprint density at radius 3 is 2.35 bits per heavy atom. The molecule has 0 radical (unpaired) electrons. The monoisotopic (exact) mass is 281 g/mol. The number of hydrazone groups is 1. The number of hydrogen-bond donors (Lipinski definition) is 2. The van der Waals surface area contributed by atoms with Crippen LogP contribution in [0.3, 0.4) is 0 Å². The Kier molecular flexibility index (Phi) is 3.88. The number of phenolic OH excluding ortho intramolecular Hbond substituents is 1. The number of rotatable bonds is 3. The van der Waals surface area contributed by atoms with E-state index < -0.39 is 11.7 Å². The summed E-state index contributed by atoms with van der Waals surface area (Å²) < 4.78 is 36.9. The van der Waals surface area contributed by atoms with Crippen LogP contribution in [-0.2, 0) is 6.18 Å².